The van der Waals surface area contributed by atoms with Crippen molar-refractivity contribution >= 4 is 28.5 Å². The number of amides is 2. The number of imide groups is 1. The molecule has 0 aliphatic carbocycles. The van der Waals surface area contributed by atoms with E-state index >= 15 is 0 Å². The van der Waals surface area contributed by atoms with Crippen molar-refractivity contribution in [2.24, 2.45) is 0 Å². The second kappa shape index (κ2) is 6.78. The van der Waals surface area contributed by atoms with E-state index in [-0.39, 0.29) is 11.8 Å². The standard InChI is InChI=1S/C18H20N4O3/c23-16-6-7-17(24)22(16)18-14-4-1-2-5-15(14)21(19-18)9-3-8-20-10-12-25-13-11-20/h1-2,4-7H,3,8-13H2. The number of anilines is 1. The van der Waals surface area contributed by atoms with E-state index in [1.54, 1.807) is 0 Å². The van der Waals surface area contributed by atoms with Crippen LogP contribution in [-0.2, 0) is 20.9 Å². The fourth-order valence-electron chi connectivity index (χ4n) is 3.32. The van der Waals surface area contributed by atoms with Crippen molar-refractivity contribution < 1.29 is 14.3 Å². The van der Waals surface area contributed by atoms with E-state index in [2.05, 4.69) is 10.00 Å². The molecule has 2 amide bonds. The number of benzene rings is 1. The van der Waals surface area contributed by atoms with Gasteiger partial charge in [0.25, 0.3) is 11.8 Å². The van der Waals surface area contributed by atoms with Crippen LogP contribution in [0.5, 0.6) is 0 Å². The van der Waals surface area contributed by atoms with Crippen molar-refractivity contribution in [3.63, 3.8) is 0 Å². The van der Waals surface area contributed by atoms with Gasteiger partial charge in [0.05, 0.1) is 18.7 Å². The van der Waals surface area contributed by atoms with Gasteiger partial charge < -0.3 is 4.74 Å². The number of morpholine rings is 1. The van der Waals surface area contributed by atoms with Crippen LogP contribution in [0.1, 0.15) is 6.42 Å². The molecule has 2 aliphatic heterocycles. The first-order valence-corrected chi connectivity index (χ1v) is 8.56. The van der Waals surface area contributed by atoms with E-state index in [0.29, 0.717) is 5.82 Å². The van der Waals surface area contributed by atoms with Crippen LogP contribution in [0.25, 0.3) is 10.9 Å². The molecule has 1 aromatic heterocycles. The van der Waals surface area contributed by atoms with Gasteiger partial charge in [-0.1, -0.05) is 12.1 Å². The van der Waals surface area contributed by atoms with E-state index in [4.69, 9.17) is 4.74 Å². The lowest BCUT2D eigenvalue weighted by Crippen LogP contribution is -2.37. The van der Waals surface area contributed by atoms with Crippen LogP contribution in [0, 0.1) is 0 Å². The number of aromatic nitrogens is 2. The number of rotatable bonds is 5. The van der Waals surface area contributed by atoms with Gasteiger partial charge in [-0.2, -0.15) is 5.10 Å². The topological polar surface area (TPSA) is 67.7 Å². The second-order valence-electron chi connectivity index (χ2n) is 6.22. The van der Waals surface area contributed by atoms with Crippen molar-refractivity contribution in [2.75, 3.05) is 37.7 Å². The highest BCUT2D eigenvalue weighted by Gasteiger charge is 2.29. The van der Waals surface area contributed by atoms with Crippen LogP contribution in [0.4, 0.5) is 5.82 Å². The Morgan fingerprint density at radius 1 is 1.00 bits per heavy atom. The Morgan fingerprint density at radius 2 is 1.72 bits per heavy atom. The number of nitrogens with zero attached hydrogens (tertiary/aromatic N) is 4. The minimum absolute atomic E-state index is 0.339. The predicted molar refractivity (Wildman–Crippen MR) is 93.2 cm³/mol. The quantitative estimate of drug-likeness (QED) is 0.765. The zero-order valence-corrected chi connectivity index (χ0v) is 13.9. The Balaban J connectivity index is 1.55. The molecule has 0 radical (unpaired) electrons. The number of fused-ring (bicyclic) bond motifs is 1. The summed E-state index contributed by atoms with van der Waals surface area (Å²) in [5.41, 5.74) is 0.937. The van der Waals surface area contributed by atoms with Crippen LogP contribution in [0.2, 0.25) is 0 Å². The maximum Gasteiger partial charge on any atom is 0.259 e. The van der Waals surface area contributed by atoms with Crippen LogP contribution in [0.15, 0.2) is 36.4 Å². The van der Waals surface area contributed by atoms with Crippen LogP contribution < -0.4 is 4.90 Å². The Labute approximate surface area is 145 Å². The summed E-state index contributed by atoms with van der Waals surface area (Å²) < 4.78 is 7.26. The lowest BCUT2D eigenvalue weighted by Gasteiger charge is -2.26. The Kier molecular flexibility index (Phi) is 4.33. The second-order valence-corrected chi connectivity index (χ2v) is 6.22. The number of carbonyl (C=O) groups is 2. The lowest BCUT2D eigenvalue weighted by atomic mass is 10.2. The number of aryl methyl sites for hydroxylation is 1. The van der Waals surface area contributed by atoms with Gasteiger partial charge in [0, 0.05) is 43.7 Å². The van der Waals surface area contributed by atoms with Gasteiger partial charge in [-0.25, -0.2) is 4.90 Å². The van der Waals surface area contributed by atoms with Gasteiger partial charge >= 0.3 is 0 Å². The van der Waals surface area contributed by atoms with Crippen molar-refractivity contribution in [1.29, 1.82) is 0 Å². The Bertz CT molecular complexity index is 818. The van der Waals surface area contributed by atoms with E-state index in [1.165, 1.54) is 12.2 Å². The zero-order chi connectivity index (χ0) is 17.2. The number of hydrogen-bond donors (Lipinski definition) is 0. The number of hydrogen-bond acceptors (Lipinski definition) is 5. The lowest BCUT2D eigenvalue weighted by molar-refractivity contribution is -0.120. The summed E-state index contributed by atoms with van der Waals surface area (Å²) in [4.78, 5) is 27.5. The summed E-state index contributed by atoms with van der Waals surface area (Å²) in [6.45, 7) is 5.24. The molecule has 3 heterocycles. The molecule has 25 heavy (non-hydrogen) atoms. The SMILES string of the molecule is O=C1C=CC(=O)N1c1nn(CCCN2CCOCC2)c2ccccc12. The summed E-state index contributed by atoms with van der Waals surface area (Å²) in [6, 6.07) is 7.70. The van der Waals surface area contributed by atoms with Crippen molar-refractivity contribution in [1.82, 2.24) is 14.7 Å². The van der Waals surface area contributed by atoms with E-state index in [1.807, 2.05) is 28.9 Å². The Morgan fingerprint density at radius 3 is 2.48 bits per heavy atom. The molecule has 1 fully saturated rings. The first-order chi connectivity index (χ1) is 12.2. The van der Waals surface area contributed by atoms with E-state index in [0.717, 1.165) is 61.6 Å². The number of ether oxygens (including phenoxy) is 1. The minimum Gasteiger partial charge on any atom is -0.379 e. The molecule has 4 rings (SSSR count). The van der Waals surface area contributed by atoms with Gasteiger partial charge in [0.1, 0.15) is 0 Å². The normalized spacial score (nSPS) is 18.6. The van der Waals surface area contributed by atoms with Crippen LogP contribution in [-0.4, -0.2) is 59.3 Å². The van der Waals surface area contributed by atoms with Crippen molar-refractivity contribution in [2.45, 2.75) is 13.0 Å². The maximum atomic E-state index is 12.0. The Hall–Kier alpha value is -2.51. The molecule has 7 heteroatoms. The van der Waals surface area contributed by atoms with E-state index < -0.39 is 0 Å². The molecule has 0 N–H and O–H groups in total. The number of carbonyl (C=O) groups excluding carboxylic acids is 2. The average Bonchev–Trinajstić information content (AvgIpc) is 3.16. The molecule has 0 spiro atoms. The minimum atomic E-state index is -0.339. The van der Waals surface area contributed by atoms with Gasteiger partial charge in [0.15, 0.2) is 5.82 Å². The van der Waals surface area contributed by atoms with Crippen LogP contribution in [0.3, 0.4) is 0 Å². The fraction of sp³-hybridized carbons (Fsp3) is 0.389. The summed E-state index contributed by atoms with van der Waals surface area (Å²) >= 11 is 0. The molecule has 1 saturated heterocycles. The molecular formula is C18H20N4O3. The molecule has 0 atom stereocenters. The number of para-hydroxylation sites is 1. The summed E-state index contributed by atoms with van der Waals surface area (Å²) in [5.74, 6) is -0.260. The molecule has 0 bridgehead atoms. The predicted octanol–water partition coefficient (Wildman–Crippen LogP) is 1.19. The van der Waals surface area contributed by atoms with E-state index in [9.17, 15) is 9.59 Å². The first-order valence-electron chi connectivity index (χ1n) is 8.56. The highest BCUT2D eigenvalue weighted by Crippen LogP contribution is 2.28. The highest BCUT2D eigenvalue weighted by atomic mass is 16.5. The molecule has 0 saturated carbocycles. The monoisotopic (exact) mass is 340 g/mol. The smallest absolute Gasteiger partial charge is 0.259 e. The molecular weight excluding hydrogens is 320 g/mol. The molecule has 7 nitrogen and oxygen atoms in total. The summed E-state index contributed by atoms with van der Waals surface area (Å²) in [6.07, 6.45) is 3.52. The van der Waals surface area contributed by atoms with Crippen molar-refractivity contribution in [3.8, 4) is 0 Å². The third kappa shape index (κ3) is 3.08. The third-order valence-electron chi connectivity index (χ3n) is 4.61. The highest BCUT2D eigenvalue weighted by molar-refractivity contribution is 6.29. The third-order valence-corrected chi connectivity index (χ3v) is 4.61. The van der Waals surface area contributed by atoms with Gasteiger partial charge in [-0.3, -0.25) is 19.2 Å². The molecule has 2 aromatic rings. The van der Waals surface area contributed by atoms with Gasteiger partial charge in [-0.05, 0) is 18.6 Å². The molecule has 0 unspecified atom stereocenters. The average molecular weight is 340 g/mol. The summed E-state index contributed by atoms with van der Waals surface area (Å²) in [5, 5.41) is 5.39. The van der Waals surface area contributed by atoms with Crippen molar-refractivity contribution in [3.05, 3.63) is 36.4 Å². The van der Waals surface area contributed by atoms with Gasteiger partial charge in [0.2, 0.25) is 0 Å². The summed E-state index contributed by atoms with van der Waals surface area (Å²) in [7, 11) is 0. The molecule has 130 valence electrons. The maximum absolute atomic E-state index is 12.0. The fourth-order valence-corrected chi connectivity index (χ4v) is 3.32. The first kappa shape index (κ1) is 16.0. The van der Waals surface area contributed by atoms with Crippen LogP contribution >= 0.6 is 0 Å². The molecule has 1 aromatic carbocycles. The van der Waals surface area contributed by atoms with Gasteiger partial charge in [-0.15, -0.1) is 0 Å². The zero-order valence-electron chi connectivity index (χ0n) is 13.9. The largest absolute Gasteiger partial charge is 0.379 e. The molecule has 2 aliphatic rings.